The lowest BCUT2D eigenvalue weighted by Gasteiger charge is -2.21. The van der Waals surface area contributed by atoms with E-state index in [1.54, 1.807) is 0 Å². The van der Waals surface area contributed by atoms with Crippen molar-refractivity contribution in [3.05, 3.63) is 163 Å². The van der Waals surface area contributed by atoms with E-state index in [0.29, 0.717) is 17.5 Å². The Morgan fingerprint density at radius 1 is 0.420 bits per heavy atom. The quantitative estimate of drug-likeness (QED) is 0.192. The molecule has 0 radical (unpaired) electrons. The van der Waals surface area contributed by atoms with Crippen molar-refractivity contribution in [1.82, 2.24) is 15.0 Å². The molecule has 4 heteroatoms. The average Bonchev–Trinajstić information content (AvgIpc) is 3.66. The summed E-state index contributed by atoms with van der Waals surface area (Å²) in [4.78, 5) is 15.5. The van der Waals surface area contributed by atoms with Crippen LogP contribution in [0.1, 0.15) is 25.0 Å². The molecule has 0 amide bonds. The van der Waals surface area contributed by atoms with E-state index in [4.69, 9.17) is 19.4 Å². The first-order valence-corrected chi connectivity index (χ1v) is 17.0. The van der Waals surface area contributed by atoms with Crippen molar-refractivity contribution < 1.29 is 4.42 Å². The van der Waals surface area contributed by atoms with Crippen molar-refractivity contribution in [2.75, 3.05) is 0 Å². The van der Waals surface area contributed by atoms with E-state index in [1.165, 1.54) is 38.6 Å². The highest BCUT2D eigenvalue weighted by Crippen LogP contribution is 2.51. The zero-order valence-electron chi connectivity index (χ0n) is 27.7. The maximum Gasteiger partial charge on any atom is 0.164 e. The number of hydrogen-bond donors (Lipinski definition) is 0. The van der Waals surface area contributed by atoms with Crippen LogP contribution in [0.3, 0.4) is 0 Å². The molecule has 1 aliphatic rings. The summed E-state index contributed by atoms with van der Waals surface area (Å²) < 4.78 is 6.15. The third-order valence-electron chi connectivity index (χ3n) is 10.3. The zero-order valence-corrected chi connectivity index (χ0v) is 27.7. The lowest BCUT2D eigenvalue weighted by Crippen LogP contribution is -2.14. The summed E-state index contributed by atoms with van der Waals surface area (Å²) in [5.41, 5.74) is 11.8. The van der Waals surface area contributed by atoms with Gasteiger partial charge in [-0.3, -0.25) is 0 Å². The molecular formula is C46H31N3O. The van der Waals surface area contributed by atoms with E-state index < -0.39 is 0 Å². The van der Waals surface area contributed by atoms with Gasteiger partial charge in [0, 0.05) is 32.9 Å². The molecule has 0 unspecified atom stereocenters. The third-order valence-corrected chi connectivity index (χ3v) is 10.3. The standard InChI is InChI=1S/C46H31N3O/c1-46(2)38-15-7-5-13-35(38)42-36(14-9-16-39(42)46)45-48-43(30-21-18-29(19-22-30)32-23-20-28-10-3-4-11-31(28)26-32)47-44(49-45)33-24-25-41-37(27-33)34-12-6-8-17-40(34)50-41/h3-27H,1-2H3. The molecule has 0 N–H and O–H groups in total. The molecule has 0 fully saturated rings. The largest absolute Gasteiger partial charge is 0.456 e. The molecule has 0 spiro atoms. The fourth-order valence-electron chi connectivity index (χ4n) is 7.74. The van der Waals surface area contributed by atoms with Gasteiger partial charge >= 0.3 is 0 Å². The molecule has 0 saturated heterocycles. The lowest BCUT2D eigenvalue weighted by molar-refractivity contribution is 0.660. The van der Waals surface area contributed by atoms with Crippen LogP contribution in [0.15, 0.2) is 156 Å². The second-order valence-electron chi connectivity index (χ2n) is 13.7. The summed E-state index contributed by atoms with van der Waals surface area (Å²) in [5.74, 6) is 1.92. The van der Waals surface area contributed by atoms with Crippen LogP contribution in [-0.4, -0.2) is 15.0 Å². The molecule has 9 aromatic rings. The van der Waals surface area contributed by atoms with Crippen LogP contribution in [0.2, 0.25) is 0 Å². The lowest BCUT2D eigenvalue weighted by atomic mass is 9.82. The Bertz CT molecular complexity index is 2790. The van der Waals surface area contributed by atoms with Gasteiger partial charge in [-0.2, -0.15) is 0 Å². The van der Waals surface area contributed by atoms with Gasteiger partial charge < -0.3 is 4.42 Å². The molecule has 4 nitrogen and oxygen atoms in total. The monoisotopic (exact) mass is 641 g/mol. The van der Waals surface area contributed by atoms with Gasteiger partial charge in [0.1, 0.15) is 11.2 Å². The normalized spacial score (nSPS) is 13.2. The Morgan fingerprint density at radius 2 is 1.04 bits per heavy atom. The number of fused-ring (bicyclic) bond motifs is 7. The first-order valence-electron chi connectivity index (χ1n) is 17.0. The molecule has 7 aromatic carbocycles. The van der Waals surface area contributed by atoms with E-state index in [2.05, 4.69) is 135 Å². The van der Waals surface area contributed by atoms with Crippen molar-refractivity contribution in [2.24, 2.45) is 0 Å². The predicted octanol–water partition coefficient (Wildman–Crippen LogP) is 11.9. The summed E-state index contributed by atoms with van der Waals surface area (Å²) in [5, 5.41) is 4.57. The maximum atomic E-state index is 6.15. The first-order chi connectivity index (χ1) is 24.5. The number of aromatic nitrogens is 3. The fraction of sp³-hybridized carbons (Fsp3) is 0.0652. The van der Waals surface area contributed by atoms with Gasteiger partial charge in [0.25, 0.3) is 0 Å². The summed E-state index contributed by atoms with van der Waals surface area (Å²) >= 11 is 0. The number of rotatable bonds is 4. The van der Waals surface area contributed by atoms with Crippen LogP contribution in [0.25, 0.3) is 89.1 Å². The van der Waals surface area contributed by atoms with Gasteiger partial charge in [0.2, 0.25) is 0 Å². The zero-order chi connectivity index (χ0) is 33.4. The summed E-state index contributed by atoms with van der Waals surface area (Å²) in [6.45, 7) is 4.60. The van der Waals surface area contributed by atoms with E-state index in [9.17, 15) is 0 Å². The number of hydrogen-bond acceptors (Lipinski definition) is 4. The minimum absolute atomic E-state index is 0.132. The highest BCUT2D eigenvalue weighted by molar-refractivity contribution is 6.06. The van der Waals surface area contributed by atoms with Gasteiger partial charge in [-0.05, 0) is 74.5 Å². The van der Waals surface area contributed by atoms with Crippen molar-refractivity contribution in [1.29, 1.82) is 0 Å². The van der Waals surface area contributed by atoms with Gasteiger partial charge in [-0.1, -0.05) is 135 Å². The van der Waals surface area contributed by atoms with Crippen LogP contribution in [0, 0.1) is 0 Å². The summed E-state index contributed by atoms with van der Waals surface area (Å²) in [6, 6.07) is 53.2. The van der Waals surface area contributed by atoms with Gasteiger partial charge in [-0.25, -0.2) is 15.0 Å². The number of para-hydroxylation sites is 1. The molecule has 0 saturated carbocycles. The third kappa shape index (κ3) is 4.42. The van der Waals surface area contributed by atoms with Crippen LogP contribution >= 0.6 is 0 Å². The minimum atomic E-state index is -0.132. The second-order valence-corrected chi connectivity index (χ2v) is 13.7. The Hall–Kier alpha value is -6.39. The van der Waals surface area contributed by atoms with E-state index in [0.717, 1.165) is 44.2 Å². The van der Waals surface area contributed by atoms with Crippen molar-refractivity contribution in [2.45, 2.75) is 19.3 Å². The number of nitrogens with zero attached hydrogens (tertiary/aromatic N) is 3. The van der Waals surface area contributed by atoms with Gasteiger partial charge in [-0.15, -0.1) is 0 Å². The predicted molar refractivity (Wildman–Crippen MR) is 204 cm³/mol. The SMILES string of the molecule is CC1(C)c2ccccc2-c2c(-c3nc(-c4ccc(-c5ccc6ccccc6c5)cc4)nc(-c4ccc5oc6ccccc6c5c4)n3)cccc21. The van der Waals surface area contributed by atoms with Gasteiger partial charge in [0.05, 0.1) is 0 Å². The molecule has 2 heterocycles. The van der Waals surface area contributed by atoms with Gasteiger partial charge in [0.15, 0.2) is 17.5 Å². The Morgan fingerprint density at radius 3 is 1.92 bits per heavy atom. The van der Waals surface area contributed by atoms with Crippen LogP contribution < -0.4 is 0 Å². The highest BCUT2D eigenvalue weighted by atomic mass is 16.3. The molecule has 236 valence electrons. The molecule has 50 heavy (non-hydrogen) atoms. The van der Waals surface area contributed by atoms with E-state index >= 15 is 0 Å². The van der Waals surface area contributed by atoms with E-state index in [1.807, 2.05) is 30.3 Å². The molecule has 2 aromatic heterocycles. The molecule has 1 aliphatic carbocycles. The summed E-state index contributed by atoms with van der Waals surface area (Å²) in [7, 11) is 0. The molecule has 0 aliphatic heterocycles. The van der Waals surface area contributed by atoms with Crippen molar-refractivity contribution in [3.63, 3.8) is 0 Å². The summed E-state index contributed by atoms with van der Waals surface area (Å²) in [6.07, 6.45) is 0. The minimum Gasteiger partial charge on any atom is -0.456 e. The smallest absolute Gasteiger partial charge is 0.164 e. The first kappa shape index (κ1) is 28.6. The Labute approximate surface area is 289 Å². The average molecular weight is 642 g/mol. The maximum absolute atomic E-state index is 6.15. The van der Waals surface area contributed by atoms with E-state index in [-0.39, 0.29) is 5.41 Å². The highest BCUT2D eigenvalue weighted by Gasteiger charge is 2.37. The van der Waals surface area contributed by atoms with Crippen LogP contribution in [0.4, 0.5) is 0 Å². The molecule has 0 atom stereocenters. The topological polar surface area (TPSA) is 51.8 Å². The Kier molecular flexibility index (Phi) is 6.19. The molecule has 10 rings (SSSR count). The molecule has 0 bridgehead atoms. The second kappa shape index (κ2) is 10.8. The number of benzene rings is 7. The number of furan rings is 1. The Balaban J connectivity index is 1.15. The van der Waals surface area contributed by atoms with Crippen LogP contribution in [0.5, 0.6) is 0 Å². The fourth-order valence-corrected chi connectivity index (χ4v) is 7.74. The molecular weight excluding hydrogens is 611 g/mol. The van der Waals surface area contributed by atoms with Crippen LogP contribution in [-0.2, 0) is 5.41 Å². The van der Waals surface area contributed by atoms with Crippen molar-refractivity contribution in [3.8, 4) is 56.4 Å². The van der Waals surface area contributed by atoms with Crippen molar-refractivity contribution >= 4 is 32.7 Å².